The highest BCUT2D eigenvalue weighted by molar-refractivity contribution is 9.10. The maximum atomic E-state index is 11.7. The molecule has 0 fully saturated rings. The maximum Gasteiger partial charge on any atom is 0.344 e. The molecule has 2 aromatic carbocycles. The van der Waals surface area contributed by atoms with Crippen LogP contribution in [0.5, 0.6) is 5.75 Å². The fraction of sp³-hybridized carbons (Fsp3) is 0.176. The molecule has 0 spiro atoms. The second-order valence-electron chi connectivity index (χ2n) is 4.89. The van der Waals surface area contributed by atoms with Crippen molar-refractivity contribution in [2.45, 2.75) is 6.54 Å². The Morgan fingerprint density at radius 1 is 1.08 bits per heavy atom. The molecule has 1 N–H and O–H groups in total. The van der Waals surface area contributed by atoms with Gasteiger partial charge in [-0.05, 0) is 45.8 Å². The molecule has 0 aliphatic heterocycles. The first-order valence-corrected chi connectivity index (χ1v) is 8.74. The van der Waals surface area contributed by atoms with Crippen molar-refractivity contribution in [1.29, 1.82) is 0 Å². The van der Waals surface area contributed by atoms with Crippen molar-refractivity contribution >= 4 is 51.0 Å². The van der Waals surface area contributed by atoms with Gasteiger partial charge in [0.1, 0.15) is 5.75 Å². The van der Waals surface area contributed by atoms with Gasteiger partial charge in [0.05, 0.1) is 4.47 Å². The summed E-state index contributed by atoms with van der Waals surface area (Å²) in [7, 11) is 0. The number of ether oxygens (including phenoxy) is 2. The van der Waals surface area contributed by atoms with Crippen LogP contribution < -0.4 is 10.1 Å². The van der Waals surface area contributed by atoms with E-state index in [0.29, 0.717) is 20.3 Å². The molecule has 2 aromatic rings. The standard InChI is InChI=1S/C17H14BrCl2NO4/c18-13-7-12(19)5-6-15(13)24-10-17(23)25-9-16(22)21-8-11-3-1-2-4-14(11)20/h1-7H,8-10H2,(H,21,22). The SMILES string of the molecule is O=C(COC(=O)COc1ccc(Cl)cc1Br)NCc1ccccc1Cl. The molecule has 0 atom stereocenters. The van der Waals surface area contributed by atoms with Crippen molar-refractivity contribution in [2.75, 3.05) is 13.2 Å². The maximum absolute atomic E-state index is 11.7. The van der Waals surface area contributed by atoms with Crippen molar-refractivity contribution in [2.24, 2.45) is 0 Å². The third-order valence-corrected chi connectivity index (χ3v) is 4.26. The number of benzene rings is 2. The molecule has 1 amide bonds. The highest BCUT2D eigenvalue weighted by Crippen LogP contribution is 2.27. The van der Waals surface area contributed by atoms with Gasteiger partial charge in [-0.2, -0.15) is 0 Å². The van der Waals surface area contributed by atoms with Crippen LogP contribution in [0.3, 0.4) is 0 Å². The van der Waals surface area contributed by atoms with Crippen LogP contribution in [0.15, 0.2) is 46.9 Å². The van der Waals surface area contributed by atoms with E-state index in [1.54, 1.807) is 36.4 Å². The molecule has 0 aliphatic rings. The molecule has 0 aliphatic carbocycles. The molecule has 25 heavy (non-hydrogen) atoms. The van der Waals surface area contributed by atoms with Crippen LogP contribution in [-0.4, -0.2) is 25.1 Å². The predicted octanol–water partition coefficient (Wildman–Crippen LogP) is 3.99. The molecule has 0 heterocycles. The van der Waals surface area contributed by atoms with Crippen molar-refractivity contribution in [3.63, 3.8) is 0 Å². The molecule has 0 radical (unpaired) electrons. The van der Waals surface area contributed by atoms with Gasteiger partial charge in [0.25, 0.3) is 5.91 Å². The second kappa shape index (κ2) is 9.65. The minimum atomic E-state index is -0.658. The van der Waals surface area contributed by atoms with Gasteiger partial charge in [-0.15, -0.1) is 0 Å². The number of nitrogens with one attached hydrogen (secondary N) is 1. The normalized spacial score (nSPS) is 10.2. The Morgan fingerprint density at radius 3 is 2.56 bits per heavy atom. The summed E-state index contributed by atoms with van der Waals surface area (Å²) in [6, 6.07) is 12.0. The van der Waals surface area contributed by atoms with E-state index in [-0.39, 0.29) is 13.2 Å². The summed E-state index contributed by atoms with van der Waals surface area (Å²) in [6.45, 7) is -0.462. The summed E-state index contributed by atoms with van der Waals surface area (Å²) < 4.78 is 10.8. The fourth-order valence-electron chi connectivity index (χ4n) is 1.80. The molecule has 0 saturated heterocycles. The average Bonchev–Trinajstić information content (AvgIpc) is 2.58. The van der Waals surface area contributed by atoms with Crippen LogP contribution in [0.2, 0.25) is 10.0 Å². The second-order valence-corrected chi connectivity index (χ2v) is 6.59. The van der Waals surface area contributed by atoms with Crippen LogP contribution >= 0.6 is 39.1 Å². The van der Waals surface area contributed by atoms with E-state index >= 15 is 0 Å². The predicted molar refractivity (Wildman–Crippen MR) is 98.9 cm³/mol. The molecule has 0 saturated carbocycles. The zero-order valence-electron chi connectivity index (χ0n) is 12.9. The zero-order chi connectivity index (χ0) is 18.2. The van der Waals surface area contributed by atoms with Crippen LogP contribution in [0.25, 0.3) is 0 Å². The highest BCUT2D eigenvalue weighted by atomic mass is 79.9. The van der Waals surface area contributed by atoms with Gasteiger partial charge in [0.15, 0.2) is 13.2 Å². The Kier molecular flexibility index (Phi) is 7.55. The van der Waals surface area contributed by atoms with E-state index < -0.39 is 18.5 Å². The molecule has 132 valence electrons. The first kappa shape index (κ1) is 19.6. The van der Waals surface area contributed by atoms with Crippen molar-refractivity contribution in [3.05, 3.63) is 62.5 Å². The Labute approximate surface area is 163 Å². The summed E-state index contributed by atoms with van der Waals surface area (Å²) in [4.78, 5) is 23.3. The number of esters is 1. The van der Waals surface area contributed by atoms with Gasteiger partial charge in [-0.25, -0.2) is 4.79 Å². The zero-order valence-corrected chi connectivity index (χ0v) is 16.0. The molecule has 0 unspecified atom stereocenters. The quantitative estimate of drug-likeness (QED) is 0.653. The molecular weight excluding hydrogens is 433 g/mol. The fourth-order valence-corrected chi connectivity index (χ4v) is 2.80. The number of hydrogen-bond acceptors (Lipinski definition) is 4. The Balaban J connectivity index is 1.70. The van der Waals surface area contributed by atoms with E-state index in [2.05, 4.69) is 21.2 Å². The van der Waals surface area contributed by atoms with Gasteiger partial charge < -0.3 is 14.8 Å². The lowest BCUT2D eigenvalue weighted by Gasteiger charge is -2.09. The lowest BCUT2D eigenvalue weighted by Crippen LogP contribution is -2.29. The van der Waals surface area contributed by atoms with E-state index in [1.165, 1.54) is 0 Å². The molecule has 0 aromatic heterocycles. The lowest BCUT2D eigenvalue weighted by molar-refractivity contribution is -0.150. The Hall–Kier alpha value is -1.76. The molecule has 2 rings (SSSR count). The minimum Gasteiger partial charge on any atom is -0.481 e. The van der Waals surface area contributed by atoms with E-state index in [1.807, 2.05) is 6.07 Å². The summed E-state index contributed by atoms with van der Waals surface area (Å²) in [5.74, 6) is -0.639. The number of hydrogen-bond donors (Lipinski definition) is 1. The van der Waals surface area contributed by atoms with Crippen LogP contribution in [-0.2, 0) is 20.9 Å². The Bertz CT molecular complexity index is 770. The van der Waals surface area contributed by atoms with Gasteiger partial charge in [0, 0.05) is 16.6 Å². The molecule has 5 nitrogen and oxygen atoms in total. The van der Waals surface area contributed by atoms with Gasteiger partial charge >= 0.3 is 5.97 Å². The number of halogens is 3. The summed E-state index contributed by atoms with van der Waals surface area (Å²) in [6.07, 6.45) is 0. The highest BCUT2D eigenvalue weighted by Gasteiger charge is 2.10. The van der Waals surface area contributed by atoms with Gasteiger partial charge in [-0.1, -0.05) is 41.4 Å². The lowest BCUT2D eigenvalue weighted by atomic mass is 10.2. The van der Waals surface area contributed by atoms with E-state index in [0.717, 1.165) is 5.56 Å². The number of carbonyl (C=O) groups excluding carboxylic acids is 2. The van der Waals surface area contributed by atoms with Crippen molar-refractivity contribution in [1.82, 2.24) is 5.32 Å². The van der Waals surface area contributed by atoms with E-state index in [4.69, 9.17) is 32.7 Å². The smallest absolute Gasteiger partial charge is 0.344 e. The Morgan fingerprint density at radius 2 is 1.84 bits per heavy atom. The minimum absolute atomic E-state index is 0.254. The summed E-state index contributed by atoms with van der Waals surface area (Å²) >= 11 is 15.1. The first-order valence-electron chi connectivity index (χ1n) is 7.19. The van der Waals surface area contributed by atoms with Crippen LogP contribution in [0, 0.1) is 0 Å². The van der Waals surface area contributed by atoms with Crippen molar-refractivity contribution in [3.8, 4) is 5.75 Å². The number of amides is 1. The largest absolute Gasteiger partial charge is 0.481 e. The van der Waals surface area contributed by atoms with E-state index in [9.17, 15) is 9.59 Å². The van der Waals surface area contributed by atoms with Crippen molar-refractivity contribution < 1.29 is 19.1 Å². The first-order chi connectivity index (χ1) is 12.0. The molecule has 8 heteroatoms. The van der Waals surface area contributed by atoms with Crippen LogP contribution in [0.4, 0.5) is 0 Å². The summed E-state index contributed by atoms with van der Waals surface area (Å²) in [5.41, 5.74) is 0.778. The third-order valence-electron chi connectivity index (χ3n) is 3.04. The molecule has 0 bridgehead atoms. The monoisotopic (exact) mass is 445 g/mol. The average molecular weight is 447 g/mol. The topological polar surface area (TPSA) is 64.6 Å². The molecular formula is C17H14BrCl2NO4. The van der Waals surface area contributed by atoms with Crippen LogP contribution in [0.1, 0.15) is 5.56 Å². The number of rotatable bonds is 7. The van der Waals surface area contributed by atoms with Gasteiger partial charge in [-0.3, -0.25) is 4.79 Å². The number of carbonyl (C=O) groups is 2. The summed E-state index contributed by atoms with van der Waals surface area (Å²) in [5, 5.41) is 3.72. The third kappa shape index (κ3) is 6.57. The van der Waals surface area contributed by atoms with Gasteiger partial charge in [0.2, 0.25) is 0 Å².